The predicted molar refractivity (Wildman–Crippen MR) is 93.0 cm³/mol. The third kappa shape index (κ3) is 2.88. The smallest absolute Gasteiger partial charge is 0.248 e. The molecule has 0 unspecified atom stereocenters. The van der Waals surface area contributed by atoms with E-state index >= 15 is 0 Å². The maximum absolute atomic E-state index is 12.8. The molecule has 0 bridgehead atoms. The number of benzene rings is 1. The van der Waals surface area contributed by atoms with Crippen molar-refractivity contribution in [3.8, 4) is 0 Å². The fourth-order valence-corrected chi connectivity index (χ4v) is 4.14. The monoisotopic (exact) mass is 322 g/mol. The number of aromatic amines is 1. The van der Waals surface area contributed by atoms with Crippen molar-refractivity contribution in [2.24, 2.45) is 5.92 Å². The van der Waals surface area contributed by atoms with Crippen molar-refractivity contribution in [2.45, 2.75) is 31.6 Å². The molecule has 24 heavy (non-hydrogen) atoms. The second kappa shape index (κ2) is 6.27. The predicted octanol–water partition coefficient (Wildman–Crippen LogP) is 2.50. The molecule has 4 heteroatoms. The highest BCUT2D eigenvalue weighted by Gasteiger charge is 2.32. The normalized spacial score (nSPS) is 18.6. The molecule has 1 amide bonds. The molecule has 1 aromatic heterocycles. The van der Waals surface area contributed by atoms with Crippen molar-refractivity contribution in [3.63, 3.8) is 0 Å². The second-order valence-corrected chi connectivity index (χ2v) is 6.96. The number of aromatic nitrogens is 1. The maximum atomic E-state index is 12.8. The fourth-order valence-electron chi connectivity index (χ4n) is 4.14. The average molecular weight is 322 g/mol. The van der Waals surface area contributed by atoms with Crippen LogP contribution in [0.5, 0.6) is 0 Å². The van der Waals surface area contributed by atoms with Crippen molar-refractivity contribution in [3.05, 3.63) is 69.6 Å². The lowest BCUT2D eigenvalue weighted by molar-refractivity contribution is -0.136. The summed E-state index contributed by atoms with van der Waals surface area (Å²) in [5, 5.41) is 0. The van der Waals surface area contributed by atoms with Crippen LogP contribution in [-0.4, -0.2) is 28.9 Å². The molecule has 1 aliphatic heterocycles. The van der Waals surface area contributed by atoms with Crippen LogP contribution in [0, 0.1) is 5.92 Å². The summed E-state index contributed by atoms with van der Waals surface area (Å²) < 4.78 is 0. The molecule has 0 spiro atoms. The number of hydrogen-bond acceptors (Lipinski definition) is 2. The van der Waals surface area contributed by atoms with Crippen LogP contribution in [0.1, 0.15) is 35.4 Å². The first-order chi connectivity index (χ1) is 11.7. The largest absolute Gasteiger partial charge is 0.342 e. The number of nitrogens with one attached hydrogen (secondary N) is 1. The number of rotatable bonds is 2. The molecule has 0 saturated carbocycles. The number of H-pyrrole nitrogens is 1. The summed E-state index contributed by atoms with van der Waals surface area (Å²) in [5.41, 5.74) is 3.71. The van der Waals surface area contributed by atoms with Gasteiger partial charge in [0.2, 0.25) is 11.5 Å². The van der Waals surface area contributed by atoms with Gasteiger partial charge in [-0.05, 0) is 54.4 Å². The number of likely N-dealkylation sites (tertiary alicyclic amines) is 1. The Bertz CT molecular complexity index is 778. The topological polar surface area (TPSA) is 53.2 Å². The van der Waals surface area contributed by atoms with Gasteiger partial charge in [0.1, 0.15) is 0 Å². The Morgan fingerprint density at radius 3 is 2.33 bits per heavy atom. The highest BCUT2D eigenvalue weighted by Crippen LogP contribution is 2.31. The molecule has 4 nitrogen and oxygen atoms in total. The summed E-state index contributed by atoms with van der Waals surface area (Å²) in [4.78, 5) is 29.0. The molecule has 1 N–H and O–H groups in total. The average Bonchev–Trinajstić information content (AvgIpc) is 3.05. The minimum atomic E-state index is -0.0465. The molecular formula is C20H22N2O2. The van der Waals surface area contributed by atoms with Crippen molar-refractivity contribution in [1.82, 2.24) is 9.88 Å². The van der Waals surface area contributed by atoms with E-state index in [-0.39, 0.29) is 11.5 Å². The van der Waals surface area contributed by atoms with Crippen LogP contribution in [0.25, 0.3) is 0 Å². The van der Waals surface area contributed by atoms with Crippen molar-refractivity contribution in [1.29, 1.82) is 0 Å². The van der Waals surface area contributed by atoms with E-state index in [4.69, 9.17) is 0 Å². The Morgan fingerprint density at radius 2 is 1.71 bits per heavy atom. The molecule has 0 radical (unpaired) electrons. The van der Waals surface area contributed by atoms with Crippen LogP contribution in [0.2, 0.25) is 0 Å². The minimum absolute atomic E-state index is 0.0465. The Labute approximate surface area is 141 Å². The zero-order valence-electron chi connectivity index (χ0n) is 13.7. The lowest BCUT2D eigenvalue weighted by Crippen LogP contribution is -2.41. The number of carbonyl (C=O) groups is 1. The van der Waals surface area contributed by atoms with Gasteiger partial charge in [-0.1, -0.05) is 24.3 Å². The van der Waals surface area contributed by atoms with E-state index in [0.717, 1.165) is 44.3 Å². The number of fused-ring (bicyclic) bond motifs is 1. The van der Waals surface area contributed by atoms with Gasteiger partial charge in [0.15, 0.2) is 0 Å². The van der Waals surface area contributed by atoms with Gasteiger partial charge < -0.3 is 9.88 Å². The van der Waals surface area contributed by atoms with Gasteiger partial charge in [-0.15, -0.1) is 0 Å². The van der Waals surface area contributed by atoms with Crippen LogP contribution < -0.4 is 5.56 Å². The van der Waals surface area contributed by atoms with E-state index in [1.807, 2.05) is 11.0 Å². The van der Waals surface area contributed by atoms with Crippen molar-refractivity contribution >= 4 is 5.91 Å². The van der Waals surface area contributed by atoms with Gasteiger partial charge in [-0.25, -0.2) is 0 Å². The van der Waals surface area contributed by atoms with Crippen molar-refractivity contribution in [2.75, 3.05) is 13.1 Å². The van der Waals surface area contributed by atoms with Gasteiger partial charge in [-0.2, -0.15) is 0 Å². The number of carbonyl (C=O) groups excluding carboxylic acids is 1. The number of amides is 1. The molecule has 124 valence electrons. The Morgan fingerprint density at radius 1 is 1.04 bits per heavy atom. The van der Waals surface area contributed by atoms with Gasteiger partial charge >= 0.3 is 0 Å². The van der Waals surface area contributed by atoms with E-state index in [2.05, 4.69) is 29.2 Å². The highest BCUT2D eigenvalue weighted by atomic mass is 16.2. The van der Waals surface area contributed by atoms with E-state index in [1.54, 1.807) is 12.3 Å². The van der Waals surface area contributed by atoms with E-state index in [1.165, 1.54) is 11.1 Å². The SMILES string of the molecule is O=C(C1Cc2ccccc2C1)N1CCC(c2cc[nH]c(=O)c2)CC1. The summed E-state index contributed by atoms with van der Waals surface area (Å²) in [6.07, 6.45) is 5.35. The van der Waals surface area contributed by atoms with Crippen LogP contribution in [-0.2, 0) is 17.6 Å². The summed E-state index contributed by atoms with van der Waals surface area (Å²) >= 11 is 0. The zero-order chi connectivity index (χ0) is 16.5. The molecule has 2 aliphatic rings. The molecule has 4 rings (SSSR count). The van der Waals surface area contributed by atoms with Gasteiger partial charge in [0.25, 0.3) is 0 Å². The summed E-state index contributed by atoms with van der Waals surface area (Å²) in [5.74, 6) is 0.797. The van der Waals surface area contributed by atoms with E-state index < -0.39 is 0 Å². The van der Waals surface area contributed by atoms with Gasteiger partial charge in [0, 0.05) is 31.3 Å². The van der Waals surface area contributed by atoms with E-state index in [0.29, 0.717) is 11.8 Å². The van der Waals surface area contributed by atoms with Crippen LogP contribution >= 0.6 is 0 Å². The zero-order valence-corrected chi connectivity index (χ0v) is 13.7. The maximum Gasteiger partial charge on any atom is 0.248 e. The fraction of sp³-hybridized carbons (Fsp3) is 0.400. The van der Waals surface area contributed by atoms with Gasteiger partial charge in [-0.3, -0.25) is 9.59 Å². The molecular weight excluding hydrogens is 300 g/mol. The summed E-state index contributed by atoms with van der Waals surface area (Å²) in [6, 6.07) is 12.1. The molecule has 1 fully saturated rings. The summed E-state index contributed by atoms with van der Waals surface area (Å²) in [7, 11) is 0. The third-order valence-corrected chi connectivity index (χ3v) is 5.48. The molecule has 1 aliphatic carbocycles. The minimum Gasteiger partial charge on any atom is -0.342 e. The van der Waals surface area contributed by atoms with Crippen molar-refractivity contribution < 1.29 is 4.79 Å². The standard InChI is InChI=1S/C20H22N2O2/c23-19-13-17(5-8-21-19)14-6-9-22(10-7-14)20(24)18-11-15-3-1-2-4-16(15)12-18/h1-5,8,13-14,18H,6-7,9-12H2,(H,21,23). The van der Waals surface area contributed by atoms with Crippen LogP contribution in [0.4, 0.5) is 0 Å². The first-order valence-corrected chi connectivity index (χ1v) is 8.75. The lowest BCUT2D eigenvalue weighted by Gasteiger charge is -2.33. The number of nitrogens with zero attached hydrogens (tertiary/aromatic N) is 1. The number of piperidine rings is 1. The Balaban J connectivity index is 1.38. The lowest BCUT2D eigenvalue weighted by atomic mass is 9.89. The molecule has 0 atom stereocenters. The quantitative estimate of drug-likeness (QED) is 0.923. The van der Waals surface area contributed by atoms with E-state index in [9.17, 15) is 9.59 Å². The van der Waals surface area contributed by atoms with Crippen LogP contribution in [0.15, 0.2) is 47.4 Å². The molecule has 2 heterocycles. The highest BCUT2D eigenvalue weighted by molar-refractivity contribution is 5.80. The van der Waals surface area contributed by atoms with Gasteiger partial charge in [0.05, 0.1) is 0 Å². The first kappa shape index (κ1) is 15.2. The third-order valence-electron chi connectivity index (χ3n) is 5.48. The summed E-state index contributed by atoms with van der Waals surface area (Å²) in [6.45, 7) is 1.59. The number of hydrogen-bond donors (Lipinski definition) is 1. The Hall–Kier alpha value is -2.36. The molecule has 1 aromatic carbocycles. The number of pyridine rings is 1. The second-order valence-electron chi connectivity index (χ2n) is 6.96. The van der Waals surface area contributed by atoms with Crippen LogP contribution in [0.3, 0.4) is 0 Å². The Kier molecular flexibility index (Phi) is 3.97. The first-order valence-electron chi connectivity index (χ1n) is 8.75. The molecule has 2 aromatic rings. The molecule has 1 saturated heterocycles.